The van der Waals surface area contributed by atoms with Crippen molar-refractivity contribution in [1.82, 2.24) is 5.32 Å². The number of hydrogen-bond donors (Lipinski definition) is 6. The zero-order valence-electron chi connectivity index (χ0n) is 17.1. The third kappa shape index (κ3) is 5.70. The smallest absolute Gasteiger partial charge is 0.165 e. The largest absolute Gasteiger partial charge is 0.504 e. The van der Waals surface area contributed by atoms with Crippen molar-refractivity contribution in [3.63, 3.8) is 0 Å². The highest BCUT2D eigenvalue weighted by atomic mass is 16.3. The molecule has 3 rings (SSSR count). The monoisotopic (exact) mass is 410 g/mol. The van der Waals surface area contributed by atoms with Crippen molar-refractivity contribution < 1.29 is 20.4 Å². The third-order valence-corrected chi connectivity index (χ3v) is 5.24. The molecule has 6 N–H and O–H groups in total. The van der Waals surface area contributed by atoms with Gasteiger partial charge in [-0.05, 0) is 68.2 Å². The highest BCUT2D eigenvalue weighted by Crippen LogP contribution is 2.36. The summed E-state index contributed by atoms with van der Waals surface area (Å²) in [7, 11) is 0. The van der Waals surface area contributed by atoms with E-state index in [4.69, 9.17) is 0 Å². The fraction of sp³-hybridized carbons (Fsp3) is 0.333. The molecule has 0 aliphatic heterocycles. The van der Waals surface area contributed by atoms with Gasteiger partial charge in [0.1, 0.15) is 0 Å². The normalized spacial score (nSPS) is 11.1. The predicted molar refractivity (Wildman–Crippen MR) is 121 cm³/mol. The first kappa shape index (κ1) is 21.6. The molecule has 0 spiro atoms. The van der Waals surface area contributed by atoms with Crippen LogP contribution in [0.25, 0.3) is 10.8 Å². The second-order valence-electron chi connectivity index (χ2n) is 7.50. The Morgan fingerprint density at radius 1 is 0.633 bits per heavy atom. The van der Waals surface area contributed by atoms with Crippen LogP contribution >= 0.6 is 0 Å². The Morgan fingerprint density at radius 3 is 2.20 bits per heavy atom. The standard InChI is InChI=1S/C24H30N2O4/c27-21-10-8-17(16-23(21)29)12-15-25-13-3-1-2-4-14-26-20-7-5-6-19-18(20)9-11-22(28)24(19)30/h5-11,16,25-30H,1-4,12-15H2. The molecule has 0 saturated carbocycles. The predicted octanol–water partition coefficient (Wildman–Crippen LogP) is 4.47. The maximum Gasteiger partial charge on any atom is 0.165 e. The van der Waals surface area contributed by atoms with Crippen molar-refractivity contribution in [3.05, 3.63) is 54.1 Å². The molecule has 0 unspecified atom stereocenters. The summed E-state index contributed by atoms with van der Waals surface area (Å²) < 4.78 is 0. The number of anilines is 1. The van der Waals surface area contributed by atoms with E-state index >= 15 is 0 Å². The molecule has 3 aromatic rings. The van der Waals surface area contributed by atoms with Gasteiger partial charge in [-0.15, -0.1) is 0 Å². The molecule has 3 aromatic carbocycles. The van der Waals surface area contributed by atoms with E-state index in [0.29, 0.717) is 5.39 Å². The fourth-order valence-corrected chi connectivity index (χ4v) is 3.52. The Bertz CT molecular complexity index is 975. The first-order valence-corrected chi connectivity index (χ1v) is 10.5. The van der Waals surface area contributed by atoms with Gasteiger partial charge < -0.3 is 31.1 Å². The number of phenols is 4. The summed E-state index contributed by atoms with van der Waals surface area (Å²) >= 11 is 0. The molecule has 0 aliphatic rings. The SMILES string of the molecule is Oc1ccc(CCNCCCCCCNc2cccc3c(O)c(O)ccc23)cc1O. The molecule has 0 aliphatic carbocycles. The molecule has 0 radical (unpaired) electrons. The van der Waals surface area contributed by atoms with Crippen LogP contribution in [-0.2, 0) is 6.42 Å². The Labute approximate surface area is 176 Å². The van der Waals surface area contributed by atoms with Crippen molar-refractivity contribution in [3.8, 4) is 23.0 Å². The topological polar surface area (TPSA) is 105 Å². The number of phenolic OH excluding ortho intramolecular Hbond substituents is 4. The Kier molecular flexibility index (Phi) is 7.63. The molecule has 0 amide bonds. The van der Waals surface area contributed by atoms with Gasteiger partial charge in [0.25, 0.3) is 0 Å². The van der Waals surface area contributed by atoms with E-state index in [1.807, 2.05) is 24.3 Å². The van der Waals surface area contributed by atoms with Crippen LogP contribution in [-0.4, -0.2) is 40.1 Å². The van der Waals surface area contributed by atoms with Crippen LogP contribution in [0, 0.1) is 0 Å². The van der Waals surface area contributed by atoms with Crippen LogP contribution in [0.5, 0.6) is 23.0 Å². The van der Waals surface area contributed by atoms with Gasteiger partial charge >= 0.3 is 0 Å². The van der Waals surface area contributed by atoms with Crippen LogP contribution in [0.2, 0.25) is 0 Å². The van der Waals surface area contributed by atoms with E-state index in [0.717, 1.165) is 68.4 Å². The van der Waals surface area contributed by atoms with E-state index in [2.05, 4.69) is 10.6 Å². The Balaban J connectivity index is 1.28. The molecule has 0 aromatic heterocycles. The Hall–Kier alpha value is -3.12. The van der Waals surface area contributed by atoms with Crippen molar-refractivity contribution in [1.29, 1.82) is 0 Å². The zero-order chi connectivity index (χ0) is 21.3. The lowest BCUT2D eigenvalue weighted by atomic mass is 10.1. The van der Waals surface area contributed by atoms with Crippen LogP contribution in [0.15, 0.2) is 48.5 Å². The van der Waals surface area contributed by atoms with Gasteiger partial charge in [0.05, 0.1) is 0 Å². The average Bonchev–Trinajstić information content (AvgIpc) is 2.74. The van der Waals surface area contributed by atoms with Crippen LogP contribution < -0.4 is 10.6 Å². The summed E-state index contributed by atoms with van der Waals surface area (Å²) in [6.07, 6.45) is 5.28. The molecule has 0 saturated heterocycles. The quantitative estimate of drug-likeness (QED) is 0.206. The van der Waals surface area contributed by atoms with Crippen molar-refractivity contribution in [2.45, 2.75) is 32.1 Å². The molecule has 0 bridgehead atoms. The van der Waals surface area contributed by atoms with Crippen molar-refractivity contribution in [2.24, 2.45) is 0 Å². The minimum Gasteiger partial charge on any atom is -0.504 e. The molecule has 30 heavy (non-hydrogen) atoms. The minimum absolute atomic E-state index is 0.0699. The lowest BCUT2D eigenvalue weighted by Gasteiger charge is -2.11. The lowest BCUT2D eigenvalue weighted by Crippen LogP contribution is -2.18. The second kappa shape index (κ2) is 10.6. The highest BCUT2D eigenvalue weighted by molar-refractivity contribution is 5.98. The number of aromatic hydroxyl groups is 4. The maximum absolute atomic E-state index is 10.00. The van der Waals surface area contributed by atoms with Gasteiger partial charge in [0.15, 0.2) is 23.0 Å². The summed E-state index contributed by atoms with van der Waals surface area (Å²) in [5, 5.41) is 46.8. The van der Waals surface area contributed by atoms with Gasteiger partial charge in [-0.2, -0.15) is 0 Å². The zero-order valence-corrected chi connectivity index (χ0v) is 17.1. The van der Waals surface area contributed by atoms with Crippen molar-refractivity contribution >= 4 is 16.5 Å². The molecular weight excluding hydrogens is 380 g/mol. The second-order valence-corrected chi connectivity index (χ2v) is 7.50. The summed E-state index contributed by atoms with van der Waals surface area (Å²) in [5.74, 6) is -0.334. The summed E-state index contributed by atoms with van der Waals surface area (Å²) in [6.45, 7) is 2.66. The van der Waals surface area contributed by atoms with Crippen LogP contribution in [0.3, 0.4) is 0 Å². The number of hydrogen-bond acceptors (Lipinski definition) is 6. The number of benzene rings is 3. The maximum atomic E-state index is 10.00. The lowest BCUT2D eigenvalue weighted by molar-refractivity contribution is 0.403. The van der Waals surface area contributed by atoms with Gasteiger partial charge in [-0.3, -0.25) is 0 Å². The highest BCUT2D eigenvalue weighted by Gasteiger charge is 2.07. The molecule has 0 atom stereocenters. The van der Waals surface area contributed by atoms with Crippen molar-refractivity contribution in [2.75, 3.05) is 25.0 Å². The van der Waals surface area contributed by atoms with Crippen LogP contribution in [0.4, 0.5) is 5.69 Å². The molecule has 6 heteroatoms. The molecule has 0 heterocycles. The van der Waals surface area contributed by atoms with Gasteiger partial charge in [0, 0.05) is 23.0 Å². The van der Waals surface area contributed by atoms with Gasteiger partial charge in [-0.25, -0.2) is 0 Å². The summed E-state index contributed by atoms with van der Waals surface area (Å²) in [6, 6.07) is 13.9. The van der Waals surface area contributed by atoms with E-state index in [9.17, 15) is 20.4 Å². The minimum atomic E-state index is -0.102. The molecule has 6 nitrogen and oxygen atoms in total. The van der Waals surface area contributed by atoms with E-state index in [-0.39, 0.29) is 23.0 Å². The van der Waals surface area contributed by atoms with Gasteiger partial charge in [-0.1, -0.05) is 31.0 Å². The number of nitrogens with one attached hydrogen (secondary N) is 2. The first-order valence-electron chi connectivity index (χ1n) is 10.5. The number of fused-ring (bicyclic) bond motifs is 1. The summed E-state index contributed by atoms with van der Waals surface area (Å²) in [4.78, 5) is 0. The molecule has 160 valence electrons. The van der Waals surface area contributed by atoms with Gasteiger partial charge in [0.2, 0.25) is 0 Å². The van der Waals surface area contributed by atoms with E-state index in [1.54, 1.807) is 12.1 Å². The first-order chi connectivity index (χ1) is 14.6. The third-order valence-electron chi connectivity index (χ3n) is 5.24. The van der Waals surface area contributed by atoms with E-state index < -0.39 is 0 Å². The number of rotatable bonds is 11. The Morgan fingerprint density at radius 2 is 1.40 bits per heavy atom. The molecule has 0 fully saturated rings. The fourth-order valence-electron chi connectivity index (χ4n) is 3.52. The summed E-state index contributed by atoms with van der Waals surface area (Å²) in [5.41, 5.74) is 1.96. The average molecular weight is 411 g/mol. The van der Waals surface area contributed by atoms with E-state index in [1.165, 1.54) is 12.1 Å². The molecular formula is C24H30N2O4. The van der Waals surface area contributed by atoms with Crippen LogP contribution in [0.1, 0.15) is 31.2 Å². The number of unbranched alkanes of at least 4 members (excludes halogenated alkanes) is 3.